The van der Waals surface area contributed by atoms with E-state index in [0.29, 0.717) is 6.54 Å². The van der Waals surface area contributed by atoms with Crippen LogP contribution in [0.25, 0.3) is 10.9 Å². The first-order valence-electron chi connectivity index (χ1n) is 4.13. The molecular formula is C9H9BrN4. The Bertz CT molecular complexity index is 483. The number of nitrogens with zero attached hydrogens (tertiary/aromatic N) is 2. The zero-order valence-corrected chi connectivity index (χ0v) is 8.95. The van der Waals surface area contributed by atoms with Crippen LogP contribution in [0.3, 0.4) is 0 Å². The van der Waals surface area contributed by atoms with Gasteiger partial charge in [-0.25, -0.2) is 9.97 Å². The van der Waals surface area contributed by atoms with E-state index in [9.17, 15) is 0 Å². The maximum absolute atomic E-state index is 5.57. The first-order chi connectivity index (χ1) is 6.72. The summed E-state index contributed by atoms with van der Waals surface area (Å²) in [5.41, 5.74) is 12.7. The van der Waals surface area contributed by atoms with Gasteiger partial charge in [-0.1, -0.05) is 12.1 Å². The van der Waals surface area contributed by atoms with Crippen molar-refractivity contribution >= 4 is 32.8 Å². The predicted octanol–water partition coefficient (Wildman–Crippen LogP) is 1.43. The van der Waals surface area contributed by atoms with Gasteiger partial charge in [0.15, 0.2) is 0 Å². The minimum atomic E-state index is 0.254. The fourth-order valence-corrected chi connectivity index (χ4v) is 1.81. The molecule has 0 saturated carbocycles. The SMILES string of the molecule is NCc1nc(N)nc2c(Br)cccc12. The Balaban J connectivity index is 2.87. The van der Waals surface area contributed by atoms with Gasteiger partial charge in [-0.15, -0.1) is 0 Å². The van der Waals surface area contributed by atoms with E-state index in [0.717, 1.165) is 21.1 Å². The van der Waals surface area contributed by atoms with Crippen LogP contribution in [0.5, 0.6) is 0 Å². The summed E-state index contributed by atoms with van der Waals surface area (Å²) in [5.74, 6) is 0.254. The summed E-state index contributed by atoms with van der Waals surface area (Å²) in [4.78, 5) is 8.23. The molecule has 4 N–H and O–H groups in total. The number of benzene rings is 1. The summed E-state index contributed by atoms with van der Waals surface area (Å²) in [7, 11) is 0. The molecule has 0 radical (unpaired) electrons. The van der Waals surface area contributed by atoms with Crippen molar-refractivity contribution < 1.29 is 0 Å². The summed E-state index contributed by atoms with van der Waals surface area (Å²) in [6, 6.07) is 5.77. The van der Waals surface area contributed by atoms with Crippen LogP contribution in [0.4, 0.5) is 5.95 Å². The van der Waals surface area contributed by atoms with Gasteiger partial charge in [-0.05, 0) is 22.0 Å². The van der Waals surface area contributed by atoms with Gasteiger partial charge in [0, 0.05) is 16.4 Å². The molecule has 0 bridgehead atoms. The predicted molar refractivity (Wildman–Crippen MR) is 59.5 cm³/mol. The maximum Gasteiger partial charge on any atom is 0.220 e. The number of aromatic nitrogens is 2. The summed E-state index contributed by atoms with van der Waals surface area (Å²) < 4.78 is 0.902. The zero-order chi connectivity index (χ0) is 10.1. The molecule has 0 saturated heterocycles. The van der Waals surface area contributed by atoms with E-state index in [1.807, 2.05) is 18.2 Å². The lowest BCUT2D eigenvalue weighted by Gasteiger charge is -2.05. The van der Waals surface area contributed by atoms with Gasteiger partial charge in [0.2, 0.25) is 5.95 Å². The monoisotopic (exact) mass is 252 g/mol. The molecule has 0 fully saturated rings. The largest absolute Gasteiger partial charge is 0.368 e. The molecule has 0 amide bonds. The van der Waals surface area contributed by atoms with E-state index >= 15 is 0 Å². The second kappa shape index (κ2) is 3.51. The maximum atomic E-state index is 5.57. The number of nitrogens with two attached hydrogens (primary N) is 2. The van der Waals surface area contributed by atoms with Crippen molar-refractivity contribution in [1.29, 1.82) is 0 Å². The van der Waals surface area contributed by atoms with Crippen molar-refractivity contribution in [3.8, 4) is 0 Å². The Labute approximate surface area is 89.5 Å². The van der Waals surface area contributed by atoms with E-state index in [1.165, 1.54) is 0 Å². The first-order valence-corrected chi connectivity index (χ1v) is 4.92. The number of para-hydroxylation sites is 1. The fraction of sp³-hybridized carbons (Fsp3) is 0.111. The zero-order valence-electron chi connectivity index (χ0n) is 7.37. The first kappa shape index (κ1) is 9.36. The number of halogens is 1. The van der Waals surface area contributed by atoms with Crippen LogP contribution < -0.4 is 11.5 Å². The molecule has 2 aromatic rings. The normalized spacial score (nSPS) is 10.7. The lowest BCUT2D eigenvalue weighted by atomic mass is 10.2. The quantitative estimate of drug-likeness (QED) is 0.805. The van der Waals surface area contributed by atoms with Crippen molar-refractivity contribution in [2.24, 2.45) is 5.73 Å². The molecule has 0 spiro atoms. The minimum Gasteiger partial charge on any atom is -0.368 e. The minimum absolute atomic E-state index is 0.254. The molecule has 4 nitrogen and oxygen atoms in total. The van der Waals surface area contributed by atoms with Crippen molar-refractivity contribution in [2.75, 3.05) is 5.73 Å². The highest BCUT2D eigenvalue weighted by Crippen LogP contribution is 2.24. The molecule has 0 unspecified atom stereocenters. The van der Waals surface area contributed by atoms with E-state index in [4.69, 9.17) is 11.5 Å². The van der Waals surface area contributed by atoms with Crippen LogP contribution in [0.2, 0.25) is 0 Å². The molecule has 1 aromatic carbocycles. The third kappa shape index (κ3) is 1.44. The van der Waals surface area contributed by atoms with E-state index < -0.39 is 0 Å². The fourth-order valence-electron chi connectivity index (χ4n) is 1.36. The number of nitrogen functional groups attached to an aromatic ring is 1. The van der Waals surface area contributed by atoms with Gasteiger partial charge >= 0.3 is 0 Å². The summed E-state index contributed by atoms with van der Waals surface area (Å²) in [5, 5.41) is 0.941. The molecule has 0 aliphatic carbocycles. The summed E-state index contributed by atoms with van der Waals surface area (Å²) in [6.07, 6.45) is 0. The average Bonchev–Trinajstić information content (AvgIpc) is 2.18. The Morgan fingerprint density at radius 1 is 1.29 bits per heavy atom. The van der Waals surface area contributed by atoms with Gasteiger partial charge in [0.05, 0.1) is 11.2 Å². The molecule has 1 heterocycles. The van der Waals surface area contributed by atoms with Crippen molar-refractivity contribution in [3.63, 3.8) is 0 Å². The molecule has 0 aliphatic heterocycles. The van der Waals surface area contributed by atoms with Crippen LogP contribution in [0, 0.1) is 0 Å². The topological polar surface area (TPSA) is 77.8 Å². The third-order valence-corrected chi connectivity index (χ3v) is 2.61. The number of fused-ring (bicyclic) bond motifs is 1. The van der Waals surface area contributed by atoms with Crippen LogP contribution in [0.1, 0.15) is 5.69 Å². The lowest BCUT2D eigenvalue weighted by molar-refractivity contribution is 0.997. The van der Waals surface area contributed by atoms with Gasteiger partial charge in [0.1, 0.15) is 0 Å². The van der Waals surface area contributed by atoms with Gasteiger partial charge in [-0.3, -0.25) is 0 Å². The molecule has 0 atom stereocenters. The molecule has 1 aromatic heterocycles. The van der Waals surface area contributed by atoms with Crippen LogP contribution in [-0.2, 0) is 6.54 Å². The van der Waals surface area contributed by atoms with E-state index in [-0.39, 0.29) is 5.95 Å². The molecule has 14 heavy (non-hydrogen) atoms. The van der Waals surface area contributed by atoms with Crippen molar-refractivity contribution in [2.45, 2.75) is 6.54 Å². The Kier molecular flexibility index (Phi) is 2.35. The molecule has 72 valence electrons. The molecule has 5 heteroatoms. The van der Waals surface area contributed by atoms with Crippen molar-refractivity contribution in [1.82, 2.24) is 9.97 Å². The highest BCUT2D eigenvalue weighted by Gasteiger charge is 2.06. The van der Waals surface area contributed by atoms with Crippen LogP contribution in [-0.4, -0.2) is 9.97 Å². The molecular weight excluding hydrogens is 244 g/mol. The number of anilines is 1. The number of hydrogen-bond donors (Lipinski definition) is 2. The second-order valence-corrected chi connectivity index (χ2v) is 3.72. The van der Waals surface area contributed by atoms with E-state index in [2.05, 4.69) is 25.9 Å². The Hall–Kier alpha value is -1.20. The smallest absolute Gasteiger partial charge is 0.220 e. The standard InChI is InChI=1S/C9H9BrN4/c10-6-3-1-2-5-7(4-11)13-9(12)14-8(5)6/h1-3H,4,11H2,(H2,12,13,14). The van der Waals surface area contributed by atoms with Crippen LogP contribution >= 0.6 is 15.9 Å². The summed E-state index contributed by atoms with van der Waals surface area (Å²) >= 11 is 3.41. The van der Waals surface area contributed by atoms with E-state index in [1.54, 1.807) is 0 Å². The lowest BCUT2D eigenvalue weighted by Crippen LogP contribution is -2.05. The Morgan fingerprint density at radius 3 is 2.79 bits per heavy atom. The number of hydrogen-bond acceptors (Lipinski definition) is 4. The van der Waals surface area contributed by atoms with Crippen LogP contribution in [0.15, 0.2) is 22.7 Å². The number of rotatable bonds is 1. The Morgan fingerprint density at radius 2 is 2.07 bits per heavy atom. The van der Waals surface area contributed by atoms with Crippen molar-refractivity contribution in [3.05, 3.63) is 28.4 Å². The van der Waals surface area contributed by atoms with Gasteiger partial charge in [-0.2, -0.15) is 0 Å². The van der Waals surface area contributed by atoms with Gasteiger partial charge in [0.25, 0.3) is 0 Å². The third-order valence-electron chi connectivity index (χ3n) is 1.97. The van der Waals surface area contributed by atoms with Gasteiger partial charge < -0.3 is 11.5 Å². The molecule has 2 rings (SSSR count). The second-order valence-electron chi connectivity index (χ2n) is 2.87. The highest BCUT2D eigenvalue weighted by molar-refractivity contribution is 9.10. The summed E-state index contributed by atoms with van der Waals surface area (Å²) in [6.45, 7) is 0.361. The average molecular weight is 253 g/mol. The highest BCUT2D eigenvalue weighted by atomic mass is 79.9. The molecule has 0 aliphatic rings.